The second-order valence-corrected chi connectivity index (χ2v) is 8.44. The van der Waals surface area contributed by atoms with Crippen molar-refractivity contribution in [1.29, 1.82) is 0 Å². The zero-order chi connectivity index (χ0) is 21.3. The number of imidazole rings is 1. The Morgan fingerprint density at radius 1 is 0.900 bits per heavy atom. The van der Waals surface area contributed by atoms with E-state index in [1.165, 1.54) is 30.3 Å². The van der Waals surface area contributed by atoms with Crippen molar-refractivity contribution in [1.82, 2.24) is 9.97 Å². The summed E-state index contributed by atoms with van der Waals surface area (Å²) in [4.78, 5) is 29.2. The number of amides is 1. The van der Waals surface area contributed by atoms with Gasteiger partial charge in [0.25, 0.3) is 15.9 Å². The van der Waals surface area contributed by atoms with Gasteiger partial charge in [-0.25, -0.2) is 13.2 Å². The molecule has 9 heteroatoms. The van der Waals surface area contributed by atoms with Crippen LogP contribution in [0, 0.1) is 6.92 Å². The number of sulfonamides is 1. The van der Waals surface area contributed by atoms with Crippen molar-refractivity contribution in [3.8, 4) is 0 Å². The number of benzene rings is 3. The minimum Gasteiger partial charge on any atom is -0.322 e. The molecule has 0 saturated heterocycles. The number of hydrogen-bond acceptors (Lipinski definition) is 4. The lowest BCUT2D eigenvalue weighted by atomic mass is 10.1. The molecule has 0 radical (unpaired) electrons. The third-order valence-corrected chi connectivity index (χ3v) is 5.85. The summed E-state index contributed by atoms with van der Waals surface area (Å²) >= 11 is 0. The summed E-state index contributed by atoms with van der Waals surface area (Å²) in [5.74, 6) is -0.440. The Morgan fingerprint density at radius 2 is 1.67 bits per heavy atom. The lowest BCUT2D eigenvalue weighted by Gasteiger charge is -2.13. The van der Waals surface area contributed by atoms with Crippen LogP contribution in [-0.2, 0) is 10.0 Å². The van der Waals surface area contributed by atoms with Crippen LogP contribution < -0.4 is 15.7 Å². The first-order valence-corrected chi connectivity index (χ1v) is 10.5. The number of aromatic amines is 2. The van der Waals surface area contributed by atoms with E-state index in [0.29, 0.717) is 16.7 Å². The van der Waals surface area contributed by atoms with E-state index in [0.717, 1.165) is 5.56 Å². The average Bonchev–Trinajstić information content (AvgIpc) is 3.07. The fourth-order valence-electron chi connectivity index (χ4n) is 3.07. The standard InChI is InChI=1S/C21H18N4O4S/c1-13-5-4-6-14(11-13)22-20(26)16-7-2-3-8-17(16)25-30(28,29)15-9-10-18-19(12-15)24-21(27)23-18/h2-12,25H,1H3,(H,22,26)(H2,23,24,27). The number of nitrogens with one attached hydrogen (secondary N) is 4. The molecular formula is C21H18N4O4S. The smallest absolute Gasteiger partial charge is 0.322 e. The van der Waals surface area contributed by atoms with E-state index in [2.05, 4.69) is 20.0 Å². The molecule has 0 unspecified atom stereocenters. The number of para-hydroxylation sites is 1. The first kappa shape index (κ1) is 19.5. The van der Waals surface area contributed by atoms with Gasteiger partial charge in [0.05, 0.1) is 27.2 Å². The summed E-state index contributed by atoms with van der Waals surface area (Å²) in [5, 5.41) is 2.77. The Morgan fingerprint density at radius 3 is 2.47 bits per heavy atom. The molecule has 4 aromatic rings. The Kier molecular flexibility index (Phi) is 4.88. The van der Waals surface area contributed by atoms with Crippen LogP contribution in [0.1, 0.15) is 15.9 Å². The van der Waals surface area contributed by atoms with E-state index in [1.54, 1.807) is 18.2 Å². The van der Waals surface area contributed by atoms with Gasteiger partial charge in [-0.1, -0.05) is 24.3 Å². The van der Waals surface area contributed by atoms with Crippen LogP contribution in [0.4, 0.5) is 11.4 Å². The highest BCUT2D eigenvalue weighted by Gasteiger charge is 2.19. The van der Waals surface area contributed by atoms with Crippen molar-refractivity contribution >= 4 is 38.3 Å². The van der Waals surface area contributed by atoms with Crippen LogP contribution in [0.15, 0.2) is 76.4 Å². The van der Waals surface area contributed by atoms with Gasteiger partial charge in [-0.2, -0.15) is 0 Å². The van der Waals surface area contributed by atoms with E-state index < -0.39 is 21.6 Å². The second kappa shape index (κ2) is 7.53. The molecular weight excluding hydrogens is 404 g/mol. The maximum Gasteiger partial charge on any atom is 0.323 e. The molecule has 152 valence electrons. The molecule has 0 bridgehead atoms. The largest absolute Gasteiger partial charge is 0.323 e. The summed E-state index contributed by atoms with van der Waals surface area (Å²) in [7, 11) is -4.00. The predicted molar refractivity (Wildman–Crippen MR) is 115 cm³/mol. The van der Waals surface area contributed by atoms with Crippen molar-refractivity contribution in [2.75, 3.05) is 10.0 Å². The quantitative estimate of drug-likeness (QED) is 0.394. The van der Waals surface area contributed by atoms with E-state index in [9.17, 15) is 18.0 Å². The maximum atomic E-state index is 12.9. The van der Waals surface area contributed by atoms with Gasteiger partial charge in [0, 0.05) is 5.69 Å². The number of aromatic nitrogens is 2. The summed E-state index contributed by atoms with van der Waals surface area (Å²) in [5.41, 5.74) is 2.36. The van der Waals surface area contributed by atoms with Crippen molar-refractivity contribution in [2.45, 2.75) is 11.8 Å². The Bertz CT molecular complexity index is 1420. The number of hydrogen-bond donors (Lipinski definition) is 4. The van der Waals surface area contributed by atoms with Crippen LogP contribution in [-0.4, -0.2) is 24.3 Å². The monoisotopic (exact) mass is 422 g/mol. The topological polar surface area (TPSA) is 124 Å². The van der Waals surface area contributed by atoms with Crippen molar-refractivity contribution in [3.63, 3.8) is 0 Å². The Labute approximate surface area is 172 Å². The molecule has 0 aliphatic heterocycles. The maximum absolute atomic E-state index is 12.9. The van der Waals surface area contributed by atoms with Gasteiger partial charge < -0.3 is 15.3 Å². The zero-order valence-electron chi connectivity index (χ0n) is 15.9. The number of carbonyl (C=O) groups is 1. The van der Waals surface area contributed by atoms with Gasteiger partial charge in [0.2, 0.25) is 0 Å². The highest BCUT2D eigenvalue weighted by atomic mass is 32.2. The highest BCUT2D eigenvalue weighted by molar-refractivity contribution is 7.92. The SMILES string of the molecule is Cc1cccc(NC(=O)c2ccccc2NS(=O)(=O)c2ccc3[nH]c(=O)[nH]c3c2)c1. The van der Waals surface area contributed by atoms with E-state index in [4.69, 9.17) is 0 Å². The fourth-order valence-corrected chi connectivity index (χ4v) is 4.18. The number of fused-ring (bicyclic) bond motifs is 1. The van der Waals surface area contributed by atoms with Crippen molar-refractivity contribution < 1.29 is 13.2 Å². The first-order valence-electron chi connectivity index (χ1n) is 9.04. The third-order valence-electron chi connectivity index (χ3n) is 4.49. The molecule has 4 rings (SSSR count). The number of aryl methyl sites for hydroxylation is 1. The highest BCUT2D eigenvalue weighted by Crippen LogP contribution is 2.23. The van der Waals surface area contributed by atoms with Gasteiger partial charge in [-0.3, -0.25) is 9.52 Å². The molecule has 1 heterocycles. The van der Waals surface area contributed by atoms with E-state index >= 15 is 0 Å². The predicted octanol–water partition coefficient (Wildman–Crippen LogP) is 3.22. The first-order chi connectivity index (χ1) is 14.3. The molecule has 1 amide bonds. The summed E-state index contributed by atoms with van der Waals surface area (Å²) in [6, 6.07) is 17.9. The molecule has 30 heavy (non-hydrogen) atoms. The normalized spacial score (nSPS) is 11.4. The van der Waals surface area contributed by atoms with Crippen LogP contribution in [0.25, 0.3) is 11.0 Å². The van der Waals surface area contributed by atoms with Gasteiger partial charge in [-0.05, 0) is 55.0 Å². The van der Waals surface area contributed by atoms with E-state index in [1.807, 2.05) is 25.1 Å². The minimum absolute atomic E-state index is 0.0425. The lowest BCUT2D eigenvalue weighted by Crippen LogP contribution is -2.18. The number of anilines is 2. The number of H-pyrrole nitrogens is 2. The molecule has 1 aromatic heterocycles. The average molecular weight is 422 g/mol. The Hall–Kier alpha value is -3.85. The summed E-state index contributed by atoms with van der Waals surface area (Å²) < 4.78 is 28.2. The fraction of sp³-hybridized carbons (Fsp3) is 0.0476. The van der Waals surface area contributed by atoms with Crippen LogP contribution in [0.5, 0.6) is 0 Å². The molecule has 0 aliphatic carbocycles. The van der Waals surface area contributed by atoms with Crippen LogP contribution in [0.3, 0.4) is 0 Å². The molecule has 3 aromatic carbocycles. The molecule has 4 N–H and O–H groups in total. The van der Waals surface area contributed by atoms with Crippen molar-refractivity contribution in [2.24, 2.45) is 0 Å². The second-order valence-electron chi connectivity index (χ2n) is 6.76. The zero-order valence-corrected chi connectivity index (χ0v) is 16.7. The molecule has 8 nitrogen and oxygen atoms in total. The van der Waals surface area contributed by atoms with Crippen LogP contribution >= 0.6 is 0 Å². The molecule has 0 fully saturated rings. The molecule has 0 spiro atoms. The molecule has 0 atom stereocenters. The number of carbonyl (C=O) groups excluding carboxylic acids is 1. The van der Waals surface area contributed by atoms with Gasteiger partial charge in [-0.15, -0.1) is 0 Å². The number of rotatable bonds is 5. The van der Waals surface area contributed by atoms with Gasteiger partial charge in [0.1, 0.15) is 0 Å². The summed E-state index contributed by atoms with van der Waals surface area (Å²) in [6.45, 7) is 1.91. The van der Waals surface area contributed by atoms with Gasteiger partial charge in [0.15, 0.2) is 0 Å². The Balaban J connectivity index is 1.64. The summed E-state index contributed by atoms with van der Waals surface area (Å²) in [6.07, 6.45) is 0. The molecule has 0 aliphatic rings. The molecule has 0 saturated carbocycles. The third kappa shape index (κ3) is 3.96. The minimum atomic E-state index is -4.00. The van der Waals surface area contributed by atoms with Crippen LogP contribution in [0.2, 0.25) is 0 Å². The lowest BCUT2D eigenvalue weighted by molar-refractivity contribution is 0.102. The van der Waals surface area contributed by atoms with E-state index in [-0.39, 0.29) is 16.1 Å². The van der Waals surface area contributed by atoms with Gasteiger partial charge >= 0.3 is 5.69 Å². The van der Waals surface area contributed by atoms with Crippen molar-refractivity contribution in [3.05, 3.63) is 88.3 Å².